The van der Waals surface area contributed by atoms with Gasteiger partial charge in [-0.2, -0.15) is 5.53 Å². The van der Waals surface area contributed by atoms with E-state index in [9.17, 15) is 19.2 Å². The second-order valence-corrected chi connectivity index (χ2v) is 23.4. The summed E-state index contributed by atoms with van der Waals surface area (Å²) < 4.78 is 50.2. The van der Waals surface area contributed by atoms with Crippen LogP contribution in [-0.2, 0) is 46.3 Å². The number of aryl methyl sites for hydroxylation is 1. The number of halogens is 1. The number of rotatable bonds is 38. The zero-order chi connectivity index (χ0) is 59.9. The van der Waals surface area contributed by atoms with E-state index in [1.54, 1.807) is 35.9 Å². The molecule has 22 nitrogen and oxygen atoms in total. The molecule has 4 heterocycles. The Kier molecular flexibility index (Phi) is 30.2. The predicted octanol–water partition coefficient (Wildman–Crippen LogP) is 3.69. The van der Waals surface area contributed by atoms with Crippen LogP contribution in [0.4, 0.5) is 14.9 Å². The second kappa shape index (κ2) is 38.1. The number of methoxy groups -OCH3 is 1. The molecule has 6 unspecified atom stereocenters. The topological polar surface area (TPSA) is 224 Å². The van der Waals surface area contributed by atoms with Gasteiger partial charge in [0.15, 0.2) is 0 Å². The molecule has 0 saturated carbocycles. The van der Waals surface area contributed by atoms with Crippen molar-refractivity contribution in [2.75, 3.05) is 164 Å². The molecular formula is C61H95FN12O10S. The average molecular weight is 1210 g/mol. The van der Waals surface area contributed by atoms with Crippen LogP contribution < -0.4 is 47.0 Å². The number of likely N-dealkylation sites (N-methyl/N-ethyl adjacent to an activating group) is 2. The predicted molar refractivity (Wildman–Crippen MR) is 328 cm³/mol. The third-order valence-corrected chi connectivity index (χ3v) is 16.8. The summed E-state index contributed by atoms with van der Waals surface area (Å²) in [5, 5.41) is 17.3. The average Bonchev–Trinajstić information content (AvgIpc) is 3.77. The van der Waals surface area contributed by atoms with Crippen molar-refractivity contribution in [3.05, 3.63) is 90.0 Å². The van der Waals surface area contributed by atoms with Crippen molar-refractivity contribution in [3.63, 3.8) is 0 Å². The van der Waals surface area contributed by atoms with Crippen LogP contribution in [0.3, 0.4) is 0 Å². The van der Waals surface area contributed by atoms with Crippen LogP contribution in [-0.4, -0.2) is 237 Å². The lowest BCUT2D eigenvalue weighted by molar-refractivity contribution is -0.144. The quantitative estimate of drug-likeness (QED) is 0.0407. The van der Waals surface area contributed by atoms with Crippen LogP contribution in [0.2, 0.25) is 0 Å². The van der Waals surface area contributed by atoms with E-state index in [0.717, 1.165) is 94.2 Å². The van der Waals surface area contributed by atoms with Crippen LogP contribution in [0.15, 0.2) is 78.9 Å². The molecule has 5 amide bonds. The fourth-order valence-corrected chi connectivity index (χ4v) is 11.7. The third kappa shape index (κ3) is 24.8. The molecule has 4 aliphatic heterocycles. The SMILES string of the molecule is COCCCN(C(=O)CCc1ccc(OCCCCN(C)CCOCCOCCC2CN(CCOCCOc3ccc(NC(=O)NC4NC(CC(=O)N5CCN(C)CC5)CS4)cc3)NN2)cc1)C(C(=O)NCc1ccccc1)C1CCNCC1F. The van der Waals surface area contributed by atoms with Gasteiger partial charge in [0.25, 0.3) is 0 Å². The van der Waals surface area contributed by atoms with Crippen molar-refractivity contribution in [2.24, 2.45) is 5.92 Å². The number of benzene rings is 3. The molecule has 7 rings (SSSR count). The molecule has 3 aromatic rings. The van der Waals surface area contributed by atoms with Gasteiger partial charge < -0.3 is 69.3 Å². The molecule has 0 aromatic heterocycles. The van der Waals surface area contributed by atoms with Crippen molar-refractivity contribution >= 4 is 41.2 Å². The van der Waals surface area contributed by atoms with Gasteiger partial charge in [-0.05, 0) is 113 Å². The zero-order valence-electron chi connectivity index (χ0n) is 50.3. The van der Waals surface area contributed by atoms with Crippen molar-refractivity contribution in [1.29, 1.82) is 0 Å². The van der Waals surface area contributed by atoms with Gasteiger partial charge in [0.05, 0.1) is 39.6 Å². The first-order valence-electron chi connectivity index (χ1n) is 30.5. The maximum absolute atomic E-state index is 15.5. The number of unbranched alkanes of at least 4 members (excludes halogenated alkanes) is 1. The van der Waals surface area contributed by atoms with Crippen molar-refractivity contribution in [2.45, 2.75) is 87.7 Å². The van der Waals surface area contributed by atoms with Gasteiger partial charge in [0.1, 0.15) is 35.8 Å². The lowest BCUT2D eigenvalue weighted by Crippen LogP contribution is -2.58. The van der Waals surface area contributed by atoms with E-state index in [2.05, 4.69) is 66.4 Å². The molecule has 0 bridgehead atoms. The Morgan fingerprint density at radius 1 is 0.776 bits per heavy atom. The van der Waals surface area contributed by atoms with Crippen LogP contribution in [0.5, 0.6) is 11.5 Å². The maximum atomic E-state index is 15.5. The summed E-state index contributed by atoms with van der Waals surface area (Å²) in [6, 6.07) is 23.7. The van der Waals surface area contributed by atoms with E-state index in [0.29, 0.717) is 116 Å². The van der Waals surface area contributed by atoms with Crippen LogP contribution in [0.1, 0.15) is 56.1 Å². The number of piperidine rings is 1. The Hall–Kier alpha value is -5.22. The first-order chi connectivity index (χ1) is 41.5. The van der Waals surface area contributed by atoms with Crippen LogP contribution in [0.25, 0.3) is 0 Å². The Bertz CT molecular complexity index is 2390. The van der Waals surface area contributed by atoms with Crippen molar-refractivity contribution in [3.8, 4) is 11.5 Å². The summed E-state index contributed by atoms with van der Waals surface area (Å²) in [5.74, 6) is 1.26. The van der Waals surface area contributed by atoms with Crippen molar-refractivity contribution in [1.82, 2.24) is 56.8 Å². The van der Waals surface area contributed by atoms with E-state index in [-0.39, 0.29) is 54.3 Å². The number of thioether (sulfide) groups is 1. The molecule has 6 atom stereocenters. The summed E-state index contributed by atoms with van der Waals surface area (Å²) in [4.78, 5) is 61.3. The standard InChI is InChI=1S/C61H95FN12O10S/c1-70(25-7-8-34-83-52-17-12-47(13-18-52)14-21-56(75)74(26-9-33-79-3)58(54-22-24-63-44-55(54)62)59(77)64-43-48-10-5-4-6-11-48)31-36-81-39-38-80-35-23-50-45-73(69-68-50)32-37-82-40-41-84-53-19-15-49(16-20-53)65-60(78)67-61-66-51(46-85-61)42-57(76)72-29-27-71(2)28-30-72/h4-6,10-13,15-20,50-51,54-55,58,61,63,66,68-69H,7-9,14,21-46H2,1-3H3,(H,64,77)(H2,65,67,78). The molecule has 7 N–H and O–H groups in total. The summed E-state index contributed by atoms with van der Waals surface area (Å²) in [7, 11) is 5.77. The number of piperazine rings is 1. The minimum absolute atomic E-state index is 0.0255. The highest BCUT2D eigenvalue weighted by atomic mass is 32.2. The molecule has 3 aromatic carbocycles. The summed E-state index contributed by atoms with van der Waals surface area (Å²) >= 11 is 1.59. The van der Waals surface area contributed by atoms with Gasteiger partial charge in [-0.15, -0.1) is 11.8 Å². The first-order valence-corrected chi connectivity index (χ1v) is 31.5. The number of nitrogens with zero attached hydrogens (tertiary/aromatic N) is 5. The Morgan fingerprint density at radius 3 is 2.27 bits per heavy atom. The molecule has 4 saturated heterocycles. The molecule has 85 heavy (non-hydrogen) atoms. The summed E-state index contributed by atoms with van der Waals surface area (Å²) in [5.41, 5.74) is 8.84. The minimum atomic E-state index is -1.25. The number of carbonyl (C=O) groups excluding carboxylic acids is 4. The number of hydrazine groups is 2. The Balaban J connectivity index is 0.649. The second-order valence-electron chi connectivity index (χ2n) is 22.2. The monoisotopic (exact) mass is 1210 g/mol. The number of anilines is 1. The zero-order valence-corrected chi connectivity index (χ0v) is 51.1. The lowest BCUT2D eigenvalue weighted by atomic mass is 9.86. The van der Waals surface area contributed by atoms with Crippen LogP contribution in [0, 0.1) is 5.92 Å². The van der Waals surface area contributed by atoms with E-state index in [1.165, 1.54) is 0 Å². The smallest absolute Gasteiger partial charge is 0.321 e. The molecular weight excluding hydrogens is 1110 g/mol. The molecule has 4 fully saturated rings. The molecule has 0 spiro atoms. The molecule has 0 radical (unpaired) electrons. The van der Waals surface area contributed by atoms with Gasteiger partial charge in [-0.25, -0.2) is 19.6 Å². The number of urea groups is 1. The summed E-state index contributed by atoms with van der Waals surface area (Å²) in [6.07, 6.45) is 3.61. The molecule has 0 aliphatic carbocycles. The maximum Gasteiger partial charge on any atom is 0.321 e. The molecule has 4 aliphatic rings. The van der Waals surface area contributed by atoms with E-state index in [1.807, 2.05) is 71.6 Å². The van der Waals surface area contributed by atoms with Gasteiger partial charge in [0, 0.05) is 128 Å². The number of hydrogen-bond acceptors (Lipinski definition) is 18. The van der Waals surface area contributed by atoms with E-state index >= 15 is 4.39 Å². The first kappa shape index (κ1) is 67.3. The number of hydrogen-bond donors (Lipinski definition) is 7. The third-order valence-electron chi connectivity index (χ3n) is 15.6. The van der Waals surface area contributed by atoms with Gasteiger partial charge >= 0.3 is 6.03 Å². The number of carbonyl (C=O) groups is 4. The van der Waals surface area contributed by atoms with Crippen LogP contribution >= 0.6 is 11.8 Å². The van der Waals surface area contributed by atoms with E-state index in [4.69, 9.17) is 28.4 Å². The summed E-state index contributed by atoms with van der Waals surface area (Å²) in [6.45, 7) is 12.8. The fraction of sp³-hybridized carbons (Fsp3) is 0.639. The normalized spacial score (nSPS) is 20.5. The lowest BCUT2D eigenvalue weighted by Gasteiger charge is -2.39. The Morgan fingerprint density at radius 2 is 1.51 bits per heavy atom. The number of ether oxygens (including phenoxy) is 6. The van der Waals surface area contributed by atoms with E-state index < -0.39 is 18.1 Å². The fourth-order valence-electron chi connectivity index (χ4n) is 10.5. The van der Waals surface area contributed by atoms with Crippen molar-refractivity contribution < 1.29 is 52.0 Å². The highest BCUT2D eigenvalue weighted by Gasteiger charge is 2.41. The molecule has 472 valence electrons. The van der Waals surface area contributed by atoms with Gasteiger partial charge in [0.2, 0.25) is 17.7 Å². The van der Waals surface area contributed by atoms with Gasteiger partial charge in [-0.3, -0.25) is 19.7 Å². The molecule has 24 heteroatoms. The number of amides is 5. The highest BCUT2D eigenvalue weighted by Crippen LogP contribution is 2.27. The number of alkyl halides is 1. The largest absolute Gasteiger partial charge is 0.494 e. The highest BCUT2D eigenvalue weighted by molar-refractivity contribution is 8.00. The van der Waals surface area contributed by atoms with Gasteiger partial charge in [-0.1, -0.05) is 42.5 Å². The Labute approximate surface area is 506 Å². The minimum Gasteiger partial charge on any atom is -0.494 e. The number of nitrogens with one attached hydrogen (secondary N) is 7.